The van der Waals surface area contributed by atoms with Crippen LogP contribution in [0.1, 0.15) is 24.0 Å². The van der Waals surface area contributed by atoms with E-state index in [0.717, 1.165) is 18.4 Å². The van der Waals surface area contributed by atoms with E-state index in [-0.39, 0.29) is 0 Å². The van der Waals surface area contributed by atoms with Crippen LogP contribution in [-0.4, -0.2) is 0 Å². The third-order valence-corrected chi connectivity index (χ3v) is 3.31. The van der Waals surface area contributed by atoms with Gasteiger partial charge in [0, 0.05) is 0 Å². The second kappa shape index (κ2) is 6.19. The molecular weight excluding hydrogens is 228 g/mol. The van der Waals surface area contributed by atoms with E-state index in [4.69, 9.17) is 0 Å². The average Bonchev–Trinajstić information content (AvgIpc) is 2.45. The van der Waals surface area contributed by atoms with Crippen LogP contribution in [0.4, 0.5) is 0 Å². The minimum atomic E-state index is 1.07. The lowest BCUT2D eigenvalue weighted by Gasteiger charge is -2.15. The van der Waals surface area contributed by atoms with Crippen LogP contribution in [0.15, 0.2) is 78.9 Å². The minimum absolute atomic E-state index is 1.07. The van der Waals surface area contributed by atoms with Crippen molar-refractivity contribution in [1.82, 2.24) is 0 Å². The Morgan fingerprint density at radius 2 is 2.16 bits per heavy atom. The van der Waals surface area contributed by atoms with Gasteiger partial charge < -0.3 is 0 Å². The summed E-state index contributed by atoms with van der Waals surface area (Å²) < 4.78 is 0. The van der Waals surface area contributed by atoms with E-state index in [0.29, 0.717) is 0 Å². The molecule has 0 amide bonds. The predicted octanol–water partition coefficient (Wildman–Crippen LogP) is 5.40. The molecule has 2 rings (SSSR count). The van der Waals surface area contributed by atoms with Gasteiger partial charge in [-0.05, 0) is 42.0 Å². The zero-order valence-electron chi connectivity index (χ0n) is 11.5. The Balaban J connectivity index is 2.26. The van der Waals surface area contributed by atoms with E-state index < -0.39 is 0 Å². The summed E-state index contributed by atoms with van der Waals surface area (Å²) in [6, 6.07) is 8.64. The van der Waals surface area contributed by atoms with E-state index in [1.807, 2.05) is 12.2 Å². The molecule has 0 aliphatic heterocycles. The van der Waals surface area contributed by atoms with Gasteiger partial charge in [-0.2, -0.15) is 0 Å². The molecule has 1 aromatic rings. The second-order valence-electron chi connectivity index (χ2n) is 4.86. The molecule has 0 radical (unpaired) electrons. The minimum Gasteiger partial charge on any atom is -0.0991 e. The summed E-state index contributed by atoms with van der Waals surface area (Å²) in [6.07, 6.45) is 12.5. The largest absolute Gasteiger partial charge is 0.0991 e. The third-order valence-electron chi connectivity index (χ3n) is 3.31. The van der Waals surface area contributed by atoms with E-state index >= 15 is 0 Å². The molecule has 0 bridgehead atoms. The van der Waals surface area contributed by atoms with Gasteiger partial charge in [0.05, 0.1) is 0 Å². The fourth-order valence-corrected chi connectivity index (χ4v) is 2.27. The molecule has 0 heterocycles. The summed E-state index contributed by atoms with van der Waals surface area (Å²) in [5.41, 5.74) is 6.29. The van der Waals surface area contributed by atoms with E-state index in [2.05, 4.69) is 56.5 Å². The summed E-state index contributed by atoms with van der Waals surface area (Å²) >= 11 is 0. The summed E-state index contributed by atoms with van der Waals surface area (Å²) in [7, 11) is 0. The monoisotopic (exact) mass is 248 g/mol. The lowest BCUT2D eigenvalue weighted by molar-refractivity contribution is 0.983. The maximum absolute atomic E-state index is 4.13. The highest BCUT2D eigenvalue weighted by Crippen LogP contribution is 2.29. The molecule has 0 heteroatoms. The van der Waals surface area contributed by atoms with Crippen molar-refractivity contribution in [2.75, 3.05) is 0 Å². The molecule has 0 spiro atoms. The SMILES string of the molecule is C=C/C=C\C(=C)C1=CC(c2cccc(C)c2)=CCC1. The standard InChI is InChI=1S/C19H20/c1-4-5-9-16(3)17-10-7-12-19(14-17)18-11-6-8-15(2)13-18/h4-6,8-9,11-14H,1,3,7,10H2,2H3/b9-5-. The Labute approximate surface area is 116 Å². The molecule has 0 aromatic heterocycles. The first kappa shape index (κ1) is 13.4. The van der Waals surface area contributed by atoms with Crippen molar-refractivity contribution >= 4 is 5.57 Å². The molecule has 1 aliphatic rings. The number of aryl methyl sites for hydroxylation is 1. The smallest absolute Gasteiger partial charge is 0.0185 e. The molecule has 19 heavy (non-hydrogen) atoms. The molecular formula is C19H20. The van der Waals surface area contributed by atoms with Gasteiger partial charge >= 0.3 is 0 Å². The van der Waals surface area contributed by atoms with E-state index in [9.17, 15) is 0 Å². The second-order valence-corrected chi connectivity index (χ2v) is 4.86. The maximum Gasteiger partial charge on any atom is -0.0185 e. The summed E-state index contributed by atoms with van der Waals surface area (Å²) in [6.45, 7) is 9.95. The topological polar surface area (TPSA) is 0 Å². The van der Waals surface area contributed by atoms with Gasteiger partial charge in [-0.3, -0.25) is 0 Å². The van der Waals surface area contributed by atoms with Crippen molar-refractivity contribution in [2.24, 2.45) is 0 Å². The van der Waals surface area contributed by atoms with Crippen molar-refractivity contribution in [3.8, 4) is 0 Å². The Morgan fingerprint density at radius 1 is 1.32 bits per heavy atom. The highest BCUT2D eigenvalue weighted by atomic mass is 14.1. The highest BCUT2D eigenvalue weighted by Gasteiger charge is 2.08. The normalized spacial score (nSPS) is 15.0. The van der Waals surface area contributed by atoms with Crippen molar-refractivity contribution in [3.05, 3.63) is 90.1 Å². The predicted molar refractivity (Wildman–Crippen MR) is 85.0 cm³/mol. The molecule has 0 nitrogen and oxygen atoms in total. The lowest BCUT2D eigenvalue weighted by atomic mass is 9.90. The van der Waals surface area contributed by atoms with E-state index in [1.54, 1.807) is 6.08 Å². The maximum atomic E-state index is 4.13. The third kappa shape index (κ3) is 3.45. The first-order valence-corrected chi connectivity index (χ1v) is 6.67. The van der Waals surface area contributed by atoms with Crippen molar-refractivity contribution in [1.29, 1.82) is 0 Å². The number of rotatable bonds is 4. The Morgan fingerprint density at radius 3 is 2.89 bits per heavy atom. The van der Waals surface area contributed by atoms with Gasteiger partial charge in [0.25, 0.3) is 0 Å². The van der Waals surface area contributed by atoms with Crippen molar-refractivity contribution in [3.63, 3.8) is 0 Å². The van der Waals surface area contributed by atoms with Gasteiger partial charge in [-0.25, -0.2) is 0 Å². The Kier molecular flexibility index (Phi) is 4.35. The van der Waals surface area contributed by atoms with E-state index in [1.165, 1.54) is 22.3 Å². The zero-order valence-corrected chi connectivity index (χ0v) is 11.5. The molecule has 96 valence electrons. The fraction of sp³-hybridized carbons (Fsp3) is 0.158. The molecule has 0 fully saturated rings. The quantitative estimate of drug-likeness (QED) is 0.626. The van der Waals surface area contributed by atoms with Crippen molar-refractivity contribution in [2.45, 2.75) is 19.8 Å². The Bertz CT molecular complexity index is 580. The highest BCUT2D eigenvalue weighted by molar-refractivity contribution is 5.77. The molecule has 0 unspecified atom stereocenters. The fourth-order valence-electron chi connectivity index (χ4n) is 2.27. The van der Waals surface area contributed by atoms with Crippen LogP contribution < -0.4 is 0 Å². The first-order valence-electron chi connectivity index (χ1n) is 6.67. The molecule has 0 atom stereocenters. The first-order chi connectivity index (χ1) is 9.20. The zero-order chi connectivity index (χ0) is 13.7. The van der Waals surface area contributed by atoms with Crippen LogP contribution in [-0.2, 0) is 0 Å². The summed E-state index contributed by atoms with van der Waals surface area (Å²) in [5.74, 6) is 0. The van der Waals surface area contributed by atoms with Crippen LogP contribution in [0, 0.1) is 6.92 Å². The van der Waals surface area contributed by atoms with Gasteiger partial charge in [0.15, 0.2) is 0 Å². The number of benzene rings is 1. The summed E-state index contributed by atoms with van der Waals surface area (Å²) in [4.78, 5) is 0. The Hall–Kier alpha value is -2.08. The molecule has 0 saturated carbocycles. The molecule has 0 saturated heterocycles. The van der Waals surface area contributed by atoms with Gasteiger partial charge in [0.2, 0.25) is 0 Å². The van der Waals surface area contributed by atoms with Crippen molar-refractivity contribution < 1.29 is 0 Å². The van der Waals surface area contributed by atoms with Crippen LogP contribution in [0.5, 0.6) is 0 Å². The number of allylic oxidation sites excluding steroid dienone is 8. The molecule has 0 N–H and O–H groups in total. The number of hydrogen-bond acceptors (Lipinski definition) is 0. The van der Waals surface area contributed by atoms with Crippen LogP contribution in [0.2, 0.25) is 0 Å². The van der Waals surface area contributed by atoms with Crippen LogP contribution in [0.3, 0.4) is 0 Å². The average molecular weight is 248 g/mol. The van der Waals surface area contributed by atoms with Crippen LogP contribution >= 0.6 is 0 Å². The molecule has 1 aliphatic carbocycles. The lowest BCUT2D eigenvalue weighted by Crippen LogP contribution is -1.94. The van der Waals surface area contributed by atoms with Gasteiger partial charge in [-0.1, -0.05) is 73.4 Å². The van der Waals surface area contributed by atoms with Gasteiger partial charge in [-0.15, -0.1) is 0 Å². The van der Waals surface area contributed by atoms with Gasteiger partial charge in [0.1, 0.15) is 0 Å². The molecule has 1 aromatic carbocycles. The summed E-state index contributed by atoms with van der Waals surface area (Å²) in [5, 5.41) is 0. The van der Waals surface area contributed by atoms with Crippen LogP contribution in [0.25, 0.3) is 5.57 Å². The number of hydrogen-bond donors (Lipinski definition) is 0.